The Balaban J connectivity index is 1.78. The topological polar surface area (TPSA) is 54.6 Å². The standard InChI is InChI=1S/C22H18N2O2/c25-22(21-12-7-17-26-21)24-23-20(15-13-18-8-3-1-4-9-18)16-14-19-10-5-2-6-11-19/h1-17H,(H,24,25). The smallest absolute Gasteiger partial charge is 0.307 e. The number of benzene rings is 2. The van der Waals surface area contributed by atoms with E-state index in [0.29, 0.717) is 5.71 Å². The Hall–Kier alpha value is -3.66. The normalized spacial score (nSPS) is 10.9. The van der Waals surface area contributed by atoms with Gasteiger partial charge in [0.25, 0.3) is 0 Å². The molecule has 4 nitrogen and oxygen atoms in total. The molecule has 0 unspecified atom stereocenters. The zero-order valence-corrected chi connectivity index (χ0v) is 14.1. The Morgan fingerprint density at radius 2 is 1.38 bits per heavy atom. The fraction of sp³-hybridized carbons (Fsp3) is 0. The highest BCUT2D eigenvalue weighted by molar-refractivity contribution is 6.09. The number of carbonyl (C=O) groups excluding carboxylic acids is 1. The number of amides is 1. The van der Waals surface area contributed by atoms with Gasteiger partial charge < -0.3 is 4.42 Å². The maximum absolute atomic E-state index is 12.0. The highest BCUT2D eigenvalue weighted by atomic mass is 16.3. The first-order valence-corrected chi connectivity index (χ1v) is 8.19. The first-order chi connectivity index (χ1) is 12.8. The SMILES string of the molecule is O=C(NN=C(C=Cc1ccccc1)C=Cc1ccccc1)c1ccco1. The fourth-order valence-corrected chi connectivity index (χ4v) is 2.20. The molecule has 1 N–H and O–H groups in total. The summed E-state index contributed by atoms with van der Waals surface area (Å²) in [6.07, 6.45) is 9.01. The summed E-state index contributed by atoms with van der Waals surface area (Å²) in [5, 5.41) is 4.19. The number of hydrogen-bond donors (Lipinski definition) is 1. The molecule has 128 valence electrons. The zero-order chi connectivity index (χ0) is 18.0. The van der Waals surface area contributed by atoms with Crippen molar-refractivity contribution >= 4 is 23.8 Å². The van der Waals surface area contributed by atoms with E-state index in [1.165, 1.54) is 6.26 Å². The lowest BCUT2D eigenvalue weighted by Gasteiger charge is -1.99. The van der Waals surface area contributed by atoms with Crippen LogP contribution in [0.15, 0.2) is 101 Å². The van der Waals surface area contributed by atoms with E-state index in [1.54, 1.807) is 12.1 Å². The van der Waals surface area contributed by atoms with E-state index in [4.69, 9.17) is 4.42 Å². The lowest BCUT2D eigenvalue weighted by atomic mass is 10.1. The molecule has 0 saturated carbocycles. The number of nitrogens with one attached hydrogen (secondary N) is 1. The molecule has 0 aliphatic carbocycles. The number of carbonyl (C=O) groups is 1. The number of furan rings is 1. The van der Waals surface area contributed by atoms with Gasteiger partial charge in [-0.15, -0.1) is 0 Å². The molecular weight excluding hydrogens is 324 g/mol. The van der Waals surface area contributed by atoms with Gasteiger partial charge in [-0.05, 0) is 35.4 Å². The van der Waals surface area contributed by atoms with E-state index in [0.717, 1.165) is 11.1 Å². The molecule has 26 heavy (non-hydrogen) atoms. The molecule has 1 amide bonds. The minimum atomic E-state index is -0.395. The van der Waals surface area contributed by atoms with Crippen molar-refractivity contribution in [3.8, 4) is 0 Å². The van der Waals surface area contributed by atoms with Gasteiger partial charge in [-0.2, -0.15) is 5.10 Å². The van der Waals surface area contributed by atoms with Crippen molar-refractivity contribution in [2.45, 2.75) is 0 Å². The van der Waals surface area contributed by atoms with E-state index in [9.17, 15) is 4.79 Å². The number of nitrogens with zero attached hydrogens (tertiary/aromatic N) is 1. The van der Waals surface area contributed by atoms with Crippen LogP contribution < -0.4 is 5.43 Å². The van der Waals surface area contributed by atoms with Crippen LogP contribution in [0.2, 0.25) is 0 Å². The van der Waals surface area contributed by atoms with Crippen molar-refractivity contribution in [3.63, 3.8) is 0 Å². The molecule has 2 aromatic carbocycles. The van der Waals surface area contributed by atoms with E-state index >= 15 is 0 Å². The quantitative estimate of drug-likeness (QED) is 0.517. The zero-order valence-electron chi connectivity index (χ0n) is 14.1. The van der Waals surface area contributed by atoms with Crippen molar-refractivity contribution in [2.24, 2.45) is 5.10 Å². The fourth-order valence-electron chi connectivity index (χ4n) is 2.20. The van der Waals surface area contributed by atoms with Gasteiger partial charge in [0.15, 0.2) is 5.76 Å². The van der Waals surface area contributed by atoms with E-state index in [-0.39, 0.29) is 5.76 Å². The molecule has 0 aliphatic rings. The summed E-state index contributed by atoms with van der Waals surface area (Å²) in [7, 11) is 0. The Labute approximate surface area is 152 Å². The summed E-state index contributed by atoms with van der Waals surface area (Å²) in [4.78, 5) is 12.0. The highest BCUT2D eigenvalue weighted by Crippen LogP contribution is 2.05. The van der Waals surface area contributed by atoms with Gasteiger partial charge >= 0.3 is 5.91 Å². The average molecular weight is 342 g/mol. The monoisotopic (exact) mass is 342 g/mol. The summed E-state index contributed by atoms with van der Waals surface area (Å²) in [6, 6.07) is 23.0. The van der Waals surface area contributed by atoms with Crippen molar-refractivity contribution in [1.29, 1.82) is 0 Å². The van der Waals surface area contributed by atoms with E-state index < -0.39 is 5.91 Å². The maximum Gasteiger partial charge on any atom is 0.307 e. The molecule has 1 heterocycles. The molecule has 1 aromatic heterocycles. The Kier molecular flexibility index (Phi) is 5.94. The molecule has 0 aliphatic heterocycles. The van der Waals surface area contributed by atoms with E-state index in [2.05, 4.69) is 10.5 Å². The summed E-state index contributed by atoms with van der Waals surface area (Å²) in [6.45, 7) is 0. The van der Waals surface area contributed by atoms with Crippen LogP contribution in [-0.2, 0) is 0 Å². The predicted octanol–water partition coefficient (Wildman–Crippen LogP) is 4.79. The molecule has 0 fully saturated rings. The average Bonchev–Trinajstić information content (AvgIpc) is 3.24. The van der Waals surface area contributed by atoms with Gasteiger partial charge in [0.05, 0.1) is 12.0 Å². The summed E-state index contributed by atoms with van der Waals surface area (Å²) in [5.74, 6) is -0.180. The number of hydrazone groups is 1. The third kappa shape index (κ3) is 5.18. The largest absolute Gasteiger partial charge is 0.459 e. The third-order valence-corrected chi connectivity index (χ3v) is 3.52. The van der Waals surface area contributed by atoms with Crippen LogP contribution in [0, 0.1) is 0 Å². The van der Waals surface area contributed by atoms with Gasteiger partial charge in [-0.25, -0.2) is 5.43 Å². The second-order valence-corrected chi connectivity index (χ2v) is 5.44. The molecule has 4 heteroatoms. The van der Waals surface area contributed by atoms with Gasteiger partial charge in [-0.3, -0.25) is 4.79 Å². The van der Waals surface area contributed by atoms with Gasteiger partial charge in [0.1, 0.15) is 0 Å². The van der Waals surface area contributed by atoms with Crippen LogP contribution in [0.25, 0.3) is 12.2 Å². The molecule has 0 bridgehead atoms. The van der Waals surface area contributed by atoms with Crippen LogP contribution in [-0.4, -0.2) is 11.6 Å². The van der Waals surface area contributed by atoms with Crippen LogP contribution in [0.4, 0.5) is 0 Å². The third-order valence-electron chi connectivity index (χ3n) is 3.52. The van der Waals surface area contributed by atoms with Crippen molar-refractivity contribution in [1.82, 2.24) is 5.43 Å². The van der Waals surface area contributed by atoms with Crippen molar-refractivity contribution < 1.29 is 9.21 Å². The van der Waals surface area contributed by atoms with Crippen molar-refractivity contribution in [3.05, 3.63) is 108 Å². The second kappa shape index (κ2) is 8.99. The van der Waals surface area contributed by atoms with E-state index in [1.807, 2.05) is 85.0 Å². The summed E-state index contributed by atoms with van der Waals surface area (Å²) in [5.41, 5.74) is 5.21. The van der Waals surface area contributed by atoms with Crippen LogP contribution in [0.1, 0.15) is 21.7 Å². The van der Waals surface area contributed by atoms with Crippen LogP contribution >= 0.6 is 0 Å². The Bertz CT molecular complexity index is 858. The van der Waals surface area contributed by atoms with Crippen molar-refractivity contribution in [2.75, 3.05) is 0 Å². The Morgan fingerprint density at radius 3 is 1.88 bits per heavy atom. The minimum absolute atomic E-state index is 0.215. The lowest BCUT2D eigenvalue weighted by molar-refractivity contribution is 0.0927. The molecule has 0 radical (unpaired) electrons. The molecule has 0 atom stereocenters. The predicted molar refractivity (Wildman–Crippen MR) is 105 cm³/mol. The molecular formula is C22H18N2O2. The van der Waals surface area contributed by atoms with Crippen LogP contribution in [0.5, 0.6) is 0 Å². The summed E-state index contributed by atoms with van der Waals surface area (Å²) >= 11 is 0. The van der Waals surface area contributed by atoms with Gasteiger partial charge in [-0.1, -0.05) is 72.8 Å². The first-order valence-electron chi connectivity index (χ1n) is 8.19. The number of allylic oxidation sites excluding steroid dienone is 2. The van der Waals surface area contributed by atoms with Gasteiger partial charge in [0, 0.05) is 0 Å². The first kappa shape index (κ1) is 17.2. The molecule has 0 saturated heterocycles. The minimum Gasteiger partial charge on any atom is -0.459 e. The second-order valence-electron chi connectivity index (χ2n) is 5.44. The summed E-state index contributed by atoms with van der Waals surface area (Å²) < 4.78 is 5.07. The van der Waals surface area contributed by atoms with Gasteiger partial charge in [0.2, 0.25) is 0 Å². The molecule has 3 rings (SSSR count). The highest BCUT2D eigenvalue weighted by Gasteiger charge is 2.06. The number of hydrogen-bond acceptors (Lipinski definition) is 3. The Morgan fingerprint density at radius 1 is 0.808 bits per heavy atom. The molecule has 0 spiro atoms. The van der Waals surface area contributed by atoms with Crippen LogP contribution in [0.3, 0.4) is 0 Å². The lowest BCUT2D eigenvalue weighted by Crippen LogP contribution is -2.18. The maximum atomic E-state index is 12.0. The molecule has 3 aromatic rings. The number of rotatable bonds is 6.